The standard InChI is InChI=1S/C15H19NO.ClH/c1-12(2)14-7-5-13(6-8-14)10-16-11-15-4-3-9-17-15;/h3-9,12,16H,10-11H2,1-2H3;1H/p-1. The van der Waals surface area contributed by atoms with Crippen molar-refractivity contribution in [2.75, 3.05) is 0 Å². The first-order valence-electron chi connectivity index (χ1n) is 6.07. The van der Waals surface area contributed by atoms with Gasteiger partial charge in [-0.3, -0.25) is 0 Å². The van der Waals surface area contributed by atoms with Crippen LogP contribution in [0, 0.1) is 0 Å². The molecule has 98 valence electrons. The Labute approximate surface area is 115 Å². The van der Waals surface area contributed by atoms with Crippen LogP contribution in [0.1, 0.15) is 36.7 Å². The lowest BCUT2D eigenvalue weighted by atomic mass is 10.0. The minimum atomic E-state index is 0. The van der Waals surface area contributed by atoms with Gasteiger partial charge in [-0.25, -0.2) is 0 Å². The summed E-state index contributed by atoms with van der Waals surface area (Å²) in [6, 6.07) is 12.7. The molecule has 0 saturated carbocycles. The van der Waals surface area contributed by atoms with Gasteiger partial charge >= 0.3 is 0 Å². The van der Waals surface area contributed by atoms with Gasteiger partial charge in [-0.15, -0.1) is 0 Å². The Morgan fingerprint density at radius 2 is 1.78 bits per heavy atom. The number of nitrogens with one attached hydrogen (secondary N) is 1. The summed E-state index contributed by atoms with van der Waals surface area (Å²) < 4.78 is 5.26. The number of rotatable bonds is 5. The predicted molar refractivity (Wildman–Crippen MR) is 69.8 cm³/mol. The third-order valence-corrected chi connectivity index (χ3v) is 2.85. The molecule has 0 aliphatic rings. The van der Waals surface area contributed by atoms with E-state index in [0.717, 1.165) is 18.8 Å². The molecule has 0 radical (unpaired) electrons. The molecule has 0 fully saturated rings. The van der Waals surface area contributed by atoms with Crippen molar-refractivity contribution in [3.63, 3.8) is 0 Å². The third-order valence-electron chi connectivity index (χ3n) is 2.85. The monoisotopic (exact) mass is 264 g/mol. The molecular formula is C15H19ClNO-. The van der Waals surface area contributed by atoms with Gasteiger partial charge in [-0.05, 0) is 29.2 Å². The summed E-state index contributed by atoms with van der Waals surface area (Å²) in [4.78, 5) is 0. The Kier molecular flexibility index (Phi) is 5.96. The fourth-order valence-electron chi connectivity index (χ4n) is 1.76. The summed E-state index contributed by atoms with van der Waals surface area (Å²) >= 11 is 0. The zero-order valence-electron chi connectivity index (χ0n) is 10.8. The highest BCUT2D eigenvalue weighted by molar-refractivity contribution is 5.24. The van der Waals surface area contributed by atoms with Crippen LogP contribution >= 0.6 is 0 Å². The van der Waals surface area contributed by atoms with E-state index in [1.165, 1.54) is 11.1 Å². The molecule has 0 aliphatic carbocycles. The van der Waals surface area contributed by atoms with Crippen LogP contribution in [0.15, 0.2) is 47.1 Å². The van der Waals surface area contributed by atoms with Crippen molar-refractivity contribution in [2.45, 2.75) is 32.9 Å². The zero-order valence-corrected chi connectivity index (χ0v) is 11.6. The van der Waals surface area contributed by atoms with Crippen LogP contribution in [0.3, 0.4) is 0 Å². The Balaban J connectivity index is 0.00000162. The molecule has 0 unspecified atom stereocenters. The van der Waals surface area contributed by atoms with Crippen molar-refractivity contribution in [1.29, 1.82) is 0 Å². The number of halogens is 1. The topological polar surface area (TPSA) is 25.2 Å². The van der Waals surface area contributed by atoms with Gasteiger partial charge in [0.05, 0.1) is 12.8 Å². The van der Waals surface area contributed by atoms with E-state index in [4.69, 9.17) is 4.42 Å². The number of hydrogen-bond acceptors (Lipinski definition) is 2. The van der Waals surface area contributed by atoms with E-state index < -0.39 is 0 Å². The maximum absolute atomic E-state index is 5.26. The highest BCUT2D eigenvalue weighted by Crippen LogP contribution is 2.14. The molecule has 3 heteroatoms. The number of furan rings is 1. The van der Waals surface area contributed by atoms with Gasteiger partial charge in [0.1, 0.15) is 5.76 Å². The molecule has 0 amide bonds. The highest BCUT2D eigenvalue weighted by atomic mass is 35.5. The Hall–Kier alpha value is -1.25. The van der Waals surface area contributed by atoms with E-state index in [1.54, 1.807) is 6.26 Å². The number of hydrogen-bond donors (Lipinski definition) is 1. The van der Waals surface area contributed by atoms with Crippen LogP contribution in [0.4, 0.5) is 0 Å². The van der Waals surface area contributed by atoms with Crippen LogP contribution in [-0.2, 0) is 13.1 Å². The SMILES string of the molecule is CC(C)c1ccc(CNCc2ccco2)cc1.[Cl-]. The fourth-order valence-corrected chi connectivity index (χ4v) is 1.76. The van der Waals surface area contributed by atoms with Crippen molar-refractivity contribution < 1.29 is 16.8 Å². The Morgan fingerprint density at radius 3 is 2.33 bits per heavy atom. The first kappa shape index (κ1) is 14.8. The molecule has 0 aliphatic heterocycles. The van der Waals surface area contributed by atoms with Crippen molar-refractivity contribution in [1.82, 2.24) is 5.32 Å². The lowest BCUT2D eigenvalue weighted by molar-refractivity contribution is -0.00000416. The lowest BCUT2D eigenvalue weighted by Gasteiger charge is -2.07. The Bertz CT molecular complexity index is 434. The van der Waals surface area contributed by atoms with Gasteiger partial charge in [0, 0.05) is 6.54 Å². The maximum Gasteiger partial charge on any atom is 0.117 e. The van der Waals surface area contributed by atoms with E-state index in [0.29, 0.717) is 5.92 Å². The quantitative estimate of drug-likeness (QED) is 0.860. The minimum Gasteiger partial charge on any atom is -1.00 e. The third kappa shape index (κ3) is 4.21. The van der Waals surface area contributed by atoms with Crippen molar-refractivity contribution in [3.8, 4) is 0 Å². The summed E-state index contributed by atoms with van der Waals surface area (Å²) in [5.41, 5.74) is 2.70. The first-order chi connectivity index (χ1) is 8.25. The van der Waals surface area contributed by atoms with Crippen molar-refractivity contribution >= 4 is 0 Å². The average Bonchev–Trinajstić information content (AvgIpc) is 2.83. The lowest BCUT2D eigenvalue weighted by Crippen LogP contribution is -3.00. The van der Waals surface area contributed by atoms with Gasteiger partial charge in [0.25, 0.3) is 0 Å². The smallest absolute Gasteiger partial charge is 0.117 e. The summed E-state index contributed by atoms with van der Waals surface area (Å²) in [6.45, 7) is 6.08. The molecule has 0 saturated heterocycles. The number of benzene rings is 1. The van der Waals surface area contributed by atoms with Crippen LogP contribution in [0.2, 0.25) is 0 Å². The second kappa shape index (κ2) is 7.24. The summed E-state index contributed by atoms with van der Waals surface area (Å²) in [5, 5.41) is 3.36. The van der Waals surface area contributed by atoms with Gasteiger partial charge in [-0.1, -0.05) is 38.1 Å². The van der Waals surface area contributed by atoms with Gasteiger partial charge in [0.15, 0.2) is 0 Å². The molecule has 2 nitrogen and oxygen atoms in total. The highest BCUT2D eigenvalue weighted by Gasteiger charge is 1.99. The normalized spacial score (nSPS) is 10.4. The summed E-state index contributed by atoms with van der Waals surface area (Å²) in [6.07, 6.45) is 1.70. The van der Waals surface area contributed by atoms with E-state index in [-0.39, 0.29) is 12.4 Å². The van der Waals surface area contributed by atoms with Crippen LogP contribution in [-0.4, -0.2) is 0 Å². The first-order valence-corrected chi connectivity index (χ1v) is 6.07. The molecule has 1 N–H and O–H groups in total. The predicted octanol–water partition coefficient (Wildman–Crippen LogP) is 0.697. The van der Waals surface area contributed by atoms with E-state index in [2.05, 4.69) is 43.4 Å². The molecule has 2 rings (SSSR count). The molecule has 18 heavy (non-hydrogen) atoms. The molecule has 1 aromatic carbocycles. The fraction of sp³-hybridized carbons (Fsp3) is 0.333. The minimum absolute atomic E-state index is 0. The molecule has 2 aromatic rings. The zero-order chi connectivity index (χ0) is 12.1. The van der Waals surface area contributed by atoms with Gasteiger partial charge < -0.3 is 22.1 Å². The summed E-state index contributed by atoms with van der Waals surface area (Å²) in [7, 11) is 0. The largest absolute Gasteiger partial charge is 1.00 e. The summed E-state index contributed by atoms with van der Waals surface area (Å²) in [5.74, 6) is 1.57. The maximum atomic E-state index is 5.26. The molecule has 0 spiro atoms. The van der Waals surface area contributed by atoms with Crippen molar-refractivity contribution in [3.05, 3.63) is 59.5 Å². The van der Waals surface area contributed by atoms with Crippen LogP contribution in [0.5, 0.6) is 0 Å². The van der Waals surface area contributed by atoms with E-state index in [1.807, 2.05) is 12.1 Å². The second-order valence-electron chi connectivity index (χ2n) is 4.58. The molecule has 0 atom stereocenters. The van der Waals surface area contributed by atoms with E-state index in [9.17, 15) is 0 Å². The second-order valence-corrected chi connectivity index (χ2v) is 4.58. The van der Waals surface area contributed by atoms with Crippen LogP contribution < -0.4 is 17.7 Å². The van der Waals surface area contributed by atoms with E-state index >= 15 is 0 Å². The molecule has 1 aromatic heterocycles. The van der Waals surface area contributed by atoms with Crippen molar-refractivity contribution in [2.24, 2.45) is 0 Å². The molecular weight excluding hydrogens is 246 g/mol. The van der Waals surface area contributed by atoms with Crippen LogP contribution in [0.25, 0.3) is 0 Å². The Morgan fingerprint density at radius 1 is 1.06 bits per heavy atom. The molecule has 0 bridgehead atoms. The van der Waals surface area contributed by atoms with Gasteiger partial charge in [-0.2, -0.15) is 0 Å². The average molecular weight is 265 g/mol. The van der Waals surface area contributed by atoms with Gasteiger partial charge in [0.2, 0.25) is 0 Å². The molecule has 1 heterocycles.